The van der Waals surface area contributed by atoms with Gasteiger partial charge in [0.15, 0.2) is 0 Å². The molecule has 0 aliphatic carbocycles. The van der Waals surface area contributed by atoms with E-state index in [2.05, 4.69) is 25.9 Å². The van der Waals surface area contributed by atoms with Gasteiger partial charge in [-0.3, -0.25) is 0 Å². The third kappa shape index (κ3) is 3.00. The Morgan fingerprint density at radius 3 is 2.31 bits per heavy atom. The average Bonchev–Trinajstić information content (AvgIpc) is 2.61. The van der Waals surface area contributed by atoms with Gasteiger partial charge >= 0.3 is 0 Å². The summed E-state index contributed by atoms with van der Waals surface area (Å²) in [5, 5.41) is 4.59. The van der Waals surface area contributed by atoms with E-state index in [1.807, 2.05) is 4.68 Å². The van der Waals surface area contributed by atoms with Crippen molar-refractivity contribution >= 4 is 5.82 Å². The first-order valence-electron chi connectivity index (χ1n) is 6.58. The number of aromatic nitrogens is 2. The molecule has 16 heavy (non-hydrogen) atoms. The Labute approximate surface area is 99.0 Å². The van der Waals surface area contributed by atoms with Crippen molar-refractivity contribution in [2.24, 2.45) is 0 Å². The van der Waals surface area contributed by atoms with Crippen LogP contribution in [0, 0.1) is 0 Å². The predicted octanol–water partition coefficient (Wildman–Crippen LogP) is 3.17. The van der Waals surface area contributed by atoms with Crippen LogP contribution < -0.4 is 5.73 Å². The highest BCUT2D eigenvalue weighted by atomic mass is 15.3. The van der Waals surface area contributed by atoms with E-state index in [0.29, 0.717) is 0 Å². The number of nitrogen functional groups attached to an aromatic ring is 1. The number of anilines is 1. The van der Waals surface area contributed by atoms with Gasteiger partial charge in [0.2, 0.25) is 0 Å². The van der Waals surface area contributed by atoms with Crippen molar-refractivity contribution in [3.63, 3.8) is 0 Å². The third-order valence-corrected chi connectivity index (χ3v) is 3.09. The standard InChI is InChI=1S/C13H25N3/c1-4-7-8-9-10-16-13(14)11(5-2)12(6-3)15-16/h4-10,14H2,1-3H3. The first-order chi connectivity index (χ1) is 7.74. The molecule has 0 fully saturated rings. The summed E-state index contributed by atoms with van der Waals surface area (Å²) in [6.07, 6.45) is 7.02. The molecular weight excluding hydrogens is 198 g/mol. The number of hydrogen-bond donors (Lipinski definition) is 1. The minimum Gasteiger partial charge on any atom is -0.384 e. The molecule has 2 N–H and O–H groups in total. The highest BCUT2D eigenvalue weighted by Gasteiger charge is 2.11. The normalized spacial score (nSPS) is 10.9. The lowest BCUT2D eigenvalue weighted by Crippen LogP contribution is -2.05. The van der Waals surface area contributed by atoms with E-state index in [0.717, 1.165) is 25.2 Å². The highest BCUT2D eigenvalue weighted by molar-refractivity contribution is 5.43. The molecule has 0 spiro atoms. The second-order valence-corrected chi connectivity index (χ2v) is 4.30. The Kier molecular flexibility index (Phi) is 5.36. The molecular formula is C13H25N3. The number of hydrogen-bond acceptors (Lipinski definition) is 2. The van der Waals surface area contributed by atoms with Gasteiger partial charge in [0.1, 0.15) is 5.82 Å². The van der Waals surface area contributed by atoms with E-state index >= 15 is 0 Å². The van der Waals surface area contributed by atoms with Crippen LogP contribution in [0.4, 0.5) is 5.82 Å². The molecule has 1 heterocycles. The molecule has 0 unspecified atom stereocenters. The molecule has 3 heteroatoms. The lowest BCUT2D eigenvalue weighted by Gasteiger charge is -2.04. The van der Waals surface area contributed by atoms with Crippen LogP contribution in [-0.4, -0.2) is 9.78 Å². The van der Waals surface area contributed by atoms with Crippen molar-refractivity contribution in [1.82, 2.24) is 9.78 Å². The summed E-state index contributed by atoms with van der Waals surface area (Å²) in [4.78, 5) is 0. The Balaban J connectivity index is 2.62. The van der Waals surface area contributed by atoms with Gasteiger partial charge in [-0.25, -0.2) is 4.68 Å². The Bertz CT molecular complexity index is 315. The summed E-state index contributed by atoms with van der Waals surface area (Å²) in [7, 11) is 0. The van der Waals surface area contributed by atoms with E-state index in [1.165, 1.54) is 36.9 Å². The van der Waals surface area contributed by atoms with Gasteiger partial charge in [-0.1, -0.05) is 40.0 Å². The van der Waals surface area contributed by atoms with E-state index < -0.39 is 0 Å². The molecule has 0 saturated carbocycles. The molecule has 1 aromatic rings. The van der Waals surface area contributed by atoms with Crippen LogP contribution in [0.3, 0.4) is 0 Å². The first-order valence-corrected chi connectivity index (χ1v) is 6.58. The lowest BCUT2D eigenvalue weighted by atomic mass is 10.1. The van der Waals surface area contributed by atoms with E-state index in [4.69, 9.17) is 5.73 Å². The summed E-state index contributed by atoms with van der Waals surface area (Å²) in [6.45, 7) is 7.49. The topological polar surface area (TPSA) is 43.8 Å². The molecule has 0 saturated heterocycles. The number of rotatable bonds is 7. The van der Waals surface area contributed by atoms with Crippen molar-refractivity contribution in [1.29, 1.82) is 0 Å². The molecule has 0 atom stereocenters. The second-order valence-electron chi connectivity index (χ2n) is 4.30. The minimum atomic E-state index is 0.885. The van der Waals surface area contributed by atoms with Crippen molar-refractivity contribution in [2.75, 3.05) is 5.73 Å². The zero-order chi connectivity index (χ0) is 12.0. The summed E-state index contributed by atoms with van der Waals surface area (Å²) < 4.78 is 1.99. The smallest absolute Gasteiger partial charge is 0.125 e. The van der Waals surface area contributed by atoms with Gasteiger partial charge in [0.05, 0.1) is 5.69 Å². The van der Waals surface area contributed by atoms with E-state index in [1.54, 1.807) is 0 Å². The lowest BCUT2D eigenvalue weighted by molar-refractivity contribution is 0.543. The van der Waals surface area contributed by atoms with Crippen LogP contribution in [0.1, 0.15) is 57.7 Å². The van der Waals surface area contributed by atoms with Crippen LogP contribution in [0.15, 0.2) is 0 Å². The summed E-state index contributed by atoms with van der Waals surface area (Å²) in [5.74, 6) is 0.885. The fourth-order valence-electron chi connectivity index (χ4n) is 2.09. The minimum absolute atomic E-state index is 0.885. The van der Waals surface area contributed by atoms with Crippen LogP contribution in [-0.2, 0) is 19.4 Å². The van der Waals surface area contributed by atoms with Gasteiger partial charge in [-0.05, 0) is 19.3 Å². The molecule has 0 aliphatic heterocycles. The maximum Gasteiger partial charge on any atom is 0.125 e. The Morgan fingerprint density at radius 1 is 1.06 bits per heavy atom. The number of nitrogens with zero attached hydrogens (tertiary/aromatic N) is 2. The maximum absolute atomic E-state index is 6.11. The molecule has 0 amide bonds. The Hall–Kier alpha value is -0.990. The predicted molar refractivity (Wildman–Crippen MR) is 69.5 cm³/mol. The van der Waals surface area contributed by atoms with E-state index in [9.17, 15) is 0 Å². The monoisotopic (exact) mass is 223 g/mol. The molecule has 0 radical (unpaired) electrons. The van der Waals surface area contributed by atoms with Gasteiger partial charge in [-0.15, -0.1) is 0 Å². The highest BCUT2D eigenvalue weighted by Crippen LogP contribution is 2.18. The quantitative estimate of drug-likeness (QED) is 0.721. The van der Waals surface area contributed by atoms with Crippen molar-refractivity contribution in [2.45, 2.75) is 65.8 Å². The largest absolute Gasteiger partial charge is 0.384 e. The second kappa shape index (κ2) is 6.56. The van der Waals surface area contributed by atoms with Crippen LogP contribution in [0.2, 0.25) is 0 Å². The van der Waals surface area contributed by atoms with Crippen LogP contribution >= 0.6 is 0 Å². The Morgan fingerprint density at radius 2 is 1.81 bits per heavy atom. The van der Waals surface area contributed by atoms with Crippen LogP contribution in [0.5, 0.6) is 0 Å². The van der Waals surface area contributed by atoms with Gasteiger partial charge < -0.3 is 5.73 Å². The van der Waals surface area contributed by atoms with Gasteiger partial charge in [-0.2, -0.15) is 5.10 Å². The summed E-state index contributed by atoms with van der Waals surface area (Å²) in [5.41, 5.74) is 8.53. The van der Waals surface area contributed by atoms with Crippen molar-refractivity contribution in [3.05, 3.63) is 11.3 Å². The molecule has 3 nitrogen and oxygen atoms in total. The summed E-state index contributed by atoms with van der Waals surface area (Å²) >= 11 is 0. The maximum atomic E-state index is 6.11. The molecule has 92 valence electrons. The SMILES string of the molecule is CCCCCCn1nc(CC)c(CC)c1N. The van der Waals surface area contributed by atoms with Gasteiger partial charge in [0, 0.05) is 12.1 Å². The molecule has 1 aromatic heterocycles. The van der Waals surface area contributed by atoms with Crippen LogP contribution in [0.25, 0.3) is 0 Å². The molecule has 1 rings (SSSR count). The first kappa shape index (κ1) is 13.1. The van der Waals surface area contributed by atoms with Crippen molar-refractivity contribution < 1.29 is 0 Å². The zero-order valence-corrected chi connectivity index (χ0v) is 10.9. The van der Waals surface area contributed by atoms with E-state index in [-0.39, 0.29) is 0 Å². The average molecular weight is 223 g/mol. The number of unbranched alkanes of at least 4 members (excludes halogenated alkanes) is 3. The fraction of sp³-hybridized carbons (Fsp3) is 0.769. The third-order valence-electron chi connectivity index (χ3n) is 3.09. The molecule has 0 aliphatic rings. The number of nitrogens with two attached hydrogens (primary N) is 1. The zero-order valence-electron chi connectivity index (χ0n) is 10.9. The summed E-state index contributed by atoms with van der Waals surface area (Å²) in [6, 6.07) is 0. The van der Waals surface area contributed by atoms with Crippen molar-refractivity contribution in [3.8, 4) is 0 Å². The van der Waals surface area contributed by atoms with Gasteiger partial charge in [0.25, 0.3) is 0 Å². The number of aryl methyl sites for hydroxylation is 2. The molecule has 0 bridgehead atoms. The fourth-order valence-corrected chi connectivity index (χ4v) is 2.09. The molecule has 0 aromatic carbocycles.